The molecule has 8 nitrogen and oxygen atoms in total. The molecule has 2 aliphatic rings. The van der Waals surface area contributed by atoms with Gasteiger partial charge in [-0.15, -0.1) is 0 Å². The number of hydrogen-bond acceptors (Lipinski definition) is 5. The van der Waals surface area contributed by atoms with E-state index in [1.807, 2.05) is 29.3 Å². The van der Waals surface area contributed by atoms with Gasteiger partial charge in [-0.25, -0.2) is 9.50 Å². The van der Waals surface area contributed by atoms with Gasteiger partial charge in [0.1, 0.15) is 6.61 Å². The van der Waals surface area contributed by atoms with Crippen molar-refractivity contribution in [1.29, 1.82) is 0 Å². The Labute approximate surface area is 183 Å². The first-order valence-corrected chi connectivity index (χ1v) is 11.4. The van der Waals surface area contributed by atoms with Crippen LogP contribution in [0.4, 0.5) is 0 Å². The minimum absolute atomic E-state index is 0.00289. The number of nitrogens with zero attached hydrogens (tertiary/aromatic N) is 4. The molecule has 4 rings (SSSR count). The van der Waals surface area contributed by atoms with Crippen LogP contribution in [-0.2, 0) is 20.7 Å². The van der Waals surface area contributed by atoms with Gasteiger partial charge in [0.15, 0.2) is 5.65 Å². The van der Waals surface area contributed by atoms with E-state index in [2.05, 4.69) is 5.32 Å². The highest BCUT2D eigenvalue weighted by Crippen LogP contribution is 2.32. The normalized spacial score (nSPS) is 19.5. The lowest BCUT2D eigenvalue weighted by Gasteiger charge is -2.22. The Morgan fingerprint density at radius 2 is 1.97 bits per heavy atom. The van der Waals surface area contributed by atoms with Crippen molar-refractivity contribution in [3.8, 4) is 0 Å². The molecule has 2 amide bonds. The number of nitrogens with one attached hydrogen (secondary N) is 1. The fourth-order valence-corrected chi connectivity index (χ4v) is 5.06. The summed E-state index contributed by atoms with van der Waals surface area (Å²) in [6.07, 6.45) is 7.57. The Morgan fingerprint density at radius 3 is 2.71 bits per heavy atom. The highest BCUT2D eigenvalue weighted by Gasteiger charge is 2.32. The van der Waals surface area contributed by atoms with Crippen molar-refractivity contribution < 1.29 is 14.3 Å². The molecule has 0 aromatic carbocycles. The third-order valence-electron chi connectivity index (χ3n) is 6.69. The maximum Gasteiger partial charge on any atom is 0.249 e. The summed E-state index contributed by atoms with van der Waals surface area (Å²) in [7, 11) is 1.54. The number of fused-ring (bicyclic) bond motifs is 1. The molecule has 1 saturated carbocycles. The molecule has 0 radical (unpaired) electrons. The van der Waals surface area contributed by atoms with Crippen molar-refractivity contribution in [2.45, 2.75) is 77.3 Å². The van der Waals surface area contributed by atoms with E-state index in [9.17, 15) is 9.59 Å². The maximum absolute atomic E-state index is 12.4. The molecule has 168 valence electrons. The van der Waals surface area contributed by atoms with E-state index in [4.69, 9.17) is 14.8 Å². The first-order chi connectivity index (χ1) is 15.0. The monoisotopic (exact) mass is 427 g/mol. The molecule has 31 heavy (non-hydrogen) atoms. The number of likely N-dealkylation sites (tertiary alicyclic amines) is 1. The fourth-order valence-electron chi connectivity index (χ4n) is 5.06. The third kappa shape index (κ3) is 4.59. The van der Waals surface area contributed by atoms with Gasteiger partial charge >= 0.3 is 0 Å². The van der Waals surface area contributed by atoms with E-state index in [0.717, 1.165) is 60.5 Å². The van der Waals surface area contributed by atoms with Crippen molar-refractivity contribution in [3.05, 3.63) is 28.7 Å². The summed E-state index contributed by atoms with van der Waals surface area (Å²) in [5, 5.41) is 7.98. The van der Waals surface area contributed by atoms with Gasteiger partial charge in [0, 0.05) is 43.6 Å². The first-order valence-electron chi connectivity index (χ1n) is 11.4. The second-order valence-electron chi connectivity index (χ2n) is 8.83. The summed E-state index contributed by atoms with van der Waals surface area (Å²) in [4.78, 5) is 31.4. The van der Waals surface area contributed by atoms with Crippen molar-refractivity contribution in [3.63, 3.8) is 0 Å². The average molecular weight is 428 g/mol. The molecule has 1 aliphatic heterocycles. The third-order valence-corrected chi connectivity index (χ3v) is 6.69. The first kappa shape index (κ1) is 21.7. The minimum Gasteiger partial charge on any atom is -0.375 e. The van der Waals surface area contributed by atoms with Crippen molar-refractivity contribution in [2.24, 2.45) is 0 Å². The Morgan fingerprint density at radius 1 is 1.19 bits per heavy atom. The van der Waals surface area contributed by atoms with E-state index < -0.39 is 0 Å². The second kappa shape index (κ2) is 9.34. The van der Waals surface area contributed by atoms with Gasteiger partial charge in [0.2, 0.25) is 11.8 Å². The van der Waals surface area contributed by atoms with Crippen molar-refractivity contribution in [2.75, 3.05) is 20.3 Å². The van der Waals surface area contributed by atoms with Gasteiger partial charge < -0.3 is 15.0 Å². The fraction of sp³-hybridized carbons (Fsp3) is 0.652. The maximum atomic E-state index is 12.4. The predicted octanol–water partition coefficient (Wildman–Crippen LogP) is 2.65. The van der Waals surface area contributed by atoms with Crippen LogP contribution < -0.4 is 5.32 Å². The number of amides is 2. The predicted molar refractivity (Wildman–Crippen MR) is 117 cm³/mol. The lowest BCUT2D eigenvalue weighted by Crippen LogP contribution is -2.33. The summed E-state index contributed by atoms with van der Waals surface area (Å²) in [5.41, 5.74) is 4.67. The summed E-state index contributed by atoms with van der Waals surface area (Å²) in [6.45, 7) is 4.85. The summed E-state index contributed by atoms with van der Waals surface area (Å²) >= 11 is 0. The molecule has 2 aromatic heterocycles. The van der Waals surface area contributed by atoms with Crippen LogP contribution in [0.5, 0.6) is 0 Å². The van der Waals surface area contributed by atoms with Gasteiger partial charge in [-0.05, 0) is 51.5 Å². The molecular formula is C23H33N5O3. The van der Waals surface area contributed by atoms with E-state index in [1.54, 1.807) is 7.11 Å². The molecule has 3 heterocycles. The molecule has 1 saturated heterocycles. The molecule has 0 bridgehead atoms. The van der Waals surface area contributed by atoms with Crippen LogP contribution in [0.3, 0.4) is 0 Å². The van der Waals surface area contributed by atoms with Gasteiger partial charge in [-0.2, -0.15) is 5.10 Å². The molecule has 2 fully saturated rings. The highest BCUT2D eigenvalue weighted by molar-refractivity contribution is 5.78. The highest BCUT2D eigenvalue weighted by atomic mass is 16.5. The molecule has 1 N–H and O–H groups in total. The zero-order valence-corrected chi connectivity index (χ0v) is 18.8. The minimum atomic E-state index is -0.0373. The van der Waals surface area contributed by atoms with Crippen LogP contribution in [-0.4, -0.2) is 57.6 Å². The number of hydrogen-bond donors (Lipinski definition) is 1. The van der Waals surface area contributed by atoms with E-state index in [-0.39, 0.29) is 24.5 Å². The standard InChI is InChI=1S/C23H33N5O3/c1-15-18(10-11-22(29)25-17-7-4-5-8-17)16(2)28-21(24-15)13-19(26-28)20-9-6-12-27(20)23(30)14-31-3/h13,17,20H,4-12,14H2,1-3H3,(H,25,29)/t20-/m0/s1. The van der Waals surface area contributed by atoms with Crippen LogP contribution in [0.25, 0.3) is 5.65 Å². The zero-order valence-electron chi connectivity index (χ0n) is 18.8. The Hall–Kier alpha value is -2.48. The number of rotatable bonds is 7. The second-order valence-corrected chi connectivity index (χ2v) is 8.83. The zero-order chi connectivity index (χ0) is 22.0. The summed E-state index contributed by atoms with van der Waals surface area (Å²) < 4.78 is 6.90. The number of ether oxygens (including phenoxy) is 1. The lowest BCUT2D eigenvalue weighted by atomic mass is 10.1. The number of methoxy groups -OCH3 is 1. The Kier molecular flexibility index (Phi) is 6.55. The van der Waals surface area contributed by atoms with Crippen LogP contribution in [0.2, 0.25) is 0 Å². The van der Waals surface area contributed by atoms with Gasteiger partial charge in [-0.3, -0.25) is 9.59 Å². The topological polar surface area (TPSA) is 88.8 Å². The number of carbonyl (C=O) groups excluding carboxylic acids is 2. The van der Waals surface area contributed by atoms with Crippen LogP contribution in [0, 0.1) is 13.8 Å². The molecule has 0 spiro atoms. The summed E-state index contributed by atoms with van der Waals surface area (Å²) in [6, 6.07) is 2.29. The molecule has 0 unspecified atom stereocenters. The van der Waals surface area contributed by atoms with Crippen LogP contribution >= 0.6 is 0 Å². The molecule has 1 atom stereocenters. The largest absolute Gasteiger partial charge is 0.375 e. The number of aromatic nitrogens is 3. The van der Waals surface area contributed by atoms with E-state index >= 15 is 0 Å². The number of aryl methyl sites for hydroxylation is 2. The Bertz CT molecular complexity index is 964. The SMILES string of the molecule is COCC(=O)N1CCC[C@H]1c1cc2nc(C)c(CCC(=O)NC3CCCC3)c(C)n2n1. The molecule has 1 aliphatic carbocycles. The summed E-state index contributed by atoms with van der Waals surface area (Å²) in [5.74, 6) is 0.113. The molecule has 2 aromatic rings. The average Bonchev–Trinajstić information content (AvgIpc) is 3.48. The van der Waals surface area contributed by atoms with Crippen LogP contribution in [0.15, 0.2) is 6.07 Å². The Balaban J connectivity index is 1.51. The lowest BCUT2D eigenvalue weighted by molar-refractivity contribution is -0.136. The number of carbonyl (C=O) groups is 2. The smallest absolute Gasteiger partial charge is 0.249 e. The van der Waals surface area contributed by atoms with Gasteiger partial charge in [-0.1, -0.05) is 12.8 Å². The van der Waals surface area contributed by atoms with Gasteiger partial charge in [0.25, 0.3) is 0 Å². The van der Waals surface area contributed by atoms with Crippen LogP contribution in [0.1, 0.15) is 73.6 Å². The van der Waals surface area contributed by atoms with E-state index in [0.29, 0.717) is 18.9 Å². The molecular weight excluding hydrogens is 394 g/mol. The molecule has 8 heteroatoms. The van der Waals surface area contributed by atoms with E-state index in [1.165, 1.54) is 12.8 Å². The van der Waals surface area contributed by atoms with Crippen molar-refractivity contribution in [1.82, 2.24) is 24.8 Å². The van der Waals surface area contributed by atoms with Crippen molar-refractivity contribution >= 4 is 17.5 Å². The quantitative estimate of drug-likeness (QED) is 0.734. The van der Waals surface area contributed by atoms with Gasteiger partial charge in [0.05, 0.1) is 11.7 Å².